The Morgan fingerprint density at radius 1 is 1.20 bits per heavy atom. The number of anilines is 1. The summed E-state index contributed by atoms with van der Waals surface area (Å²) in [4.78, 5) is 0.462. The second-order valence-corrected chi connectivity index (χ2v) is 6.38. The number of hydrogen-bond acceptors (Lipinski definition) is 2. The van der Waals surface area contributed by atoms with Gasteiger partial charge in [-0.25, -0.2) is 0 Å². The van der Waals surface area contributed by atoms with Gasteiger partial charge in [-0.05, 0) is 37.0 Å². The summed E-state index contributed by atoms with van der Waals surface area (Å²) < 4.78 is 0. The van der Waals surface area contributed by atoms with E-state index < -0.39 is 0 Å². The summed E-state index contributed by atoms with van der Waals surface area (Å²) in [5.74, 6) is 0.827. The molecule has 0 amide bonds. The molecule has 0 aliphatic rings. The monoisotopic (exact) mass is 292 g/mol. The van der Waals surface area contributed by atoms with Gasteiger partial charge in [0.25, 0.3) is 0 Å². The van der Waals surface area contributed by atoms with Crippen LogP contribution in [-0.4, -0.2) is 11.5 Å². The highest BCUT2D eigenvalue weighted by atomic mass is 32.1. The minimum absolute atomic E-state index is 0.462. The van der Waals surface area contributed by atoms with Crippen LogP contribution >= 0.6 is 12.2 Å². The molecule has 0 aliphatic heterocycles. The summed E-state index contributed by atoms with van der Waals surface area (Å²) in [6.45, 7) is 7.65. The lowest BCUT2D eigenvalue weighted by molar-refractivity contribution is 0.523. The quantitative estimate of drug-likeness (QED) is 0.514. The zero-order valence-corrected chi connectivity index (χ0v) is 13.9. The highest BCUT2D eigenvalue weighted by molar-refractivity contribution is 7.80. The number of aryl methyl sites for hydroxylation is 1. The first-order valence-corrected chi connectivity index (χ1v) is 8.06. The molecular formula is C17H28N2S. The van der Waals surface area contributed by atoms with Crippen molar-refractivity contribution in [1.82, 2.24) is 0 Å². The molecule has 2 nitrogen and oxygen atoms in total. The number of nitrogens with one attached hydrogen (secondary N) is 1. The van der Waals surface area contributed by atoms with Crippen LogP contribution in [0.15, 0.2) is 18.2 Å². The van der Waals surface area contributed by atoms with E-state index in [2.05, 4.69) is 32.2 Å². The third kappa shape index (κ3) is 6.38. The van der Waals surface area contributed by atoms with Gasteiger partial charge >= 0.3 is 0 Å². The molecule has 112 valence electrons. The van der Waals surface area contributed by atoms with Gasteiger partial charge in [0.2, 0.25) is 0 Å². The second kappa shape index (κ2) is 8.96. The molecule has 1 aromatic carbocycles. The van der Waals surface area contributed by atoms with E-state index in [0.29, 0.717) is 4.99 Å². The average molecular weight is 292 g/mol. The summed E-state index contributed by atoms with van der Waals surface area (Å²) in [7, 11) is 0. The van der Waals surface area contributed by atoms with Crippen LogP contribution in [0.5, 0.6) is 0 Å². The van der Waals surface area contributed by atoms with Crippen molar-refractivity contribution >= 4 is 22.9 Å². The van der Waals surface area contributed by atoms with Gasteiger partial charge in [0.05, 0.1) is 0 Å². The van der Waals surface area contributed by atoms with Crippen LogP contribution in [0.1, 0.15) is 57.1 Å². The molecule has 0 heterocycles. The van der Waals surface area contributed by atoms with Crippen LogP contribution in [0, 0.1) is 12.8 Å². The lowest BCUT2D eigenvalue weighted by Gasteiger charge is -2.12. The third-order valence-electron chi connectivity index (χ3n) is 3.46. The zero-order chi connectivity index (χ0) is 15.0. The highest BCUT2D eigenvalue weighted by Gasteiger charge is 2.04. The van der Waals surface area contributed by atoms with Crippen molar-refractivity contribution in [3.63, 3.8) is 0 Å². The lowest BCUT2D eigenvalue weighted by Crippen LogP contribution is -2.14. The molecule has 0 unspecified atom stereocenters. The standard InChI is InChI=1S/C17H28N2S/c1-13(2)8-6-4-5-7-11-19-16-12-14(3)9-10-15(16)17(18)20/h9-10,12-13,19H,4-8,11H2,1-3H3,(H2,18,20). The number of nitrogens with two attached hydrogens (primary N) is 1. The Labute approximate surface area is 129 Å². The van der Waals surface area contributed by atoms with E-state index in [1.165, 1.54) is 37.7 Å². The largest absolute Gasteiger partial charge is 0.389 e. The predicted molar refractivity (Wildman–Crippen MR) is 93.5 cm³/mol. The maximum absolute atomic E-state index is 5.75. The molecule has 1 aromatic rings. The van der Waals surface area contributed by atoms with Crippen molar-refractivity contribution in [3.05, 3.63) is 29.3 Å². The van der Waals surface area contributed by atoms with Crippen molar-refractivity contribution in [3.8, 4) is 0 Å². The van der Waals surface area contributed by atoms with Crippen molar-refractivity contribution in [2.24, 2.45) is 11.7 Å². The molecule has 0 bridgehead atoms. The van der Waals surface area contributed by atoms with Crippen molar-refractivity contribution in [2.75, 3.05) is 11.9 Å². The minimum atomic E-state index is 0.462. The number of hydrogen-bond donors (Lipinski definition) is 2. The van der Waals surface area contributed by atoms with Gasteiger partial charge in [-0.15, -0.1) is 0 Å². The fourth-order valence-electron chi connectivity index (χ4n) is 2.27. The van der Waals surface area contributed by atoms with Crippen LogP contribution in [0.3, 0.4) is 0 Å². The van der Waals surface area contributed by atoms with Gasteiger partial charge < -0.3 is 11.1 Å². The summed E-state index contributed by atoms with van der Waals surface area (Å²) in [5, 5.41) is 3.47. The molecule has 0 fully saturated rings. The third-order valence-corrected chi connectivity index (χ3v) is 3.68. The van der Waals surface area contributed by atoms with Crippen molar-refractivity contribution in [1.29, 1.82) is 0 Å². The predicted octanol–water partition coefficient (Wildman–Crippen LogP) is 4.65. The van der Waals surface area contributed by atoms with Gasteiger partial charge in [0, 0.05) is 17.8 Å². The van der Waals surface area contributed by atoms with Crippen LogP contribution in [0.4, 0.5) is 5.69 Å². The summed E-state index contributed by atoms with van der Waals surface area (Å²) in [6, 6.07) is 6.17. The average Bonchev–Trinajstić information content (AvgIpc) is 2.37. The molecule has 0 saturated carbocycles. The molecule has 3 N–H and O–H groups in total. The normalized spacial score (nSPS) is 10.8. The van der Waals surface area contributed by atoms with E-state index in [4.69, 9.17) is 18.0 Å². The highest BCUT2D eigenvalue weighted by Crippen LogP contribution is 2.18. The van der Waals surface area contributed by atoms with E-state index in [9.17, 15) is 0 Å². The molecule has 0 radical (unpaired) electrons. The molecule has 1 rings (SSSR count). The number of rotatable bonds is 9. The van der Waals surface area contributed by atoms with Gasteiger partial charge in [0.15, 0.2) is 0 Å². The summed E-state index contributed by atoms with van der Waals surface area (Å²) >= 11 is 5.09. The topological polar surface area (TPSA) is 38.0 Å². The van der Waals surface area contributed by atoms with E-state index in [-0.39, 0.29) is 0 Å². The van der Waals surface area contributed by atoms with E-state index >= 15 is 0 Å². The van der Waals surface area contributed by atoms with Crippen LogP contribution in [0.2, 0.25) is 0 Å². The fraction of sp³-hybridized carbons (Fsp3) is 0.588. The number of thiocarbonyl (C=S) groups is 1. The number of benzene rings is 1. The van der Waals surface area contributed by atoms with Crippen molar-refractivity contribution < 1.29 is 0 Å². The Morgan fingerprint density at radius 3 is 2.55 bits per heavy atom. The summed E-state index contributed by atoms with van der Waals surface area (Å²) in [5.41, 5.74) is 9.00. The molecule has 0 aromatic heterocycles. The Kier molecular flexibility index (Phi) is 7.60. The fourth-order valence-corrected chi connectivity index (χ4v) is 2.45. The first-order chi connectivity index (χ1) is 9.50. The first-order valence-electron chi connectivity index (χ1n) is 7.65. The number of unbranched alkanes of at least 4 members (excludes halogenated alkanes) is 3. The smallest absolute Gasteiger partial charge is 0.106 e. The van der Waals surface area contributed by atoms with Gasteiger partial charge in [-0.3, -0.25) is 0 Å². The van der Waals surface area contributed by atoms with Crippen LogP contribution in [0.25, 0.3) is 0 Å². The SMILES string of the molecule is Cc1ccc(C(N)=S)c(NCCCCCCC(C)C)c1. The van der Waals surface area contributed by atoms with Gasteiger partial charge in [-0.2, -0.15) is 0 Å². The Balaban J connectivity index is 2.31. The zero-order valence-electron chi connectivity index (χ0n) is 13.0. The Hall–Kier alpha value is -1.09. The Morgan fingerprint density at radius 2 is 1.90 bits per heavy atom. The second-order valence-electron chi connectivity index (χ2n) is 5.94. The van der Waals surface area contributed by atoms with Crippen LogP contribution < -0.4 is 11.1 Å². The summed E-state index contributed by atoms with van der Waals surface area (Å²) in [6.07, 6.45) is 6.50. The molecular weight excluding hydrogens is 264 g/mol. The van der Waals surface area contributed by atoms with Crippen molar-refractivity contribution in [2.45, 2.75) is 52.9 Å². The maximum Gasteiger partial charge on any atom is 0.106 e. The molecule has 0 aliphatic carbocycles. The molecule has 0 saturated heterocycles. The van der Waals surface area contributed by atoms with E-state index in [1.54, 1.807) is 0 Å². The molecule has 0 spiro atoms. The maximum atomic E-state index is 5.75. The minimum Gasteiger partial charge on any atom is -0.389 e. The first kappa shape index (κ1) is 17.0. The lowest BCUT2D eigenvalue weighted by atomic mass is 10.0. The molecule has 3 heteroatoms. The van der Waals surface area contributed by atoms with Crippen LogP contribution in [-0.2, 0) is 0 Å². The van der Waals surface area contributed by atoms with Gasteiger partial charge in [0.1, 0.15) is 4.99 Å². The molecule has 20 heavy (non-hydrogen) atoms. The Bertz CT molecular complexity index is 427. The molecule has 0 atom stereocenters. The van der Waals surface area contributed by atoms with E-state index in [0.717, 1.165) is 23.7 Å². The van der Waals surface area contributed by atoms with Gasteiger partial charge in [-0.1, -0.05) is 57.8 Å². The van der Waals surface area contributed by atoms with E-state index in [1.807, 2.05) is 12.1 Å².